The van der Waals surface area contributed by atoms with Crippen LogP contribution in [0.2, 0.25) is 0 Å². The van der Waals surface area contributed by atoms with E-state index in [-0.39, 0.29) is 6.10 Å². The molecule has 3 nitrogen and oxygen atoms in total. The van der Waals surface area contributed by atoms with Gasteiger partial charge in [0.25, 0.3) is 0 Å². The van der Waals surface area contributed by atoms with E-state index in [1.54, 1.807) is 6.92 Å². The summed E-state index contributed by atoms with van der Waals surface area (Å²) in [6, 6.07) is 0. The van der Waals surface area contributed by atoms with Crippen LogP contribution in [0.1, 0.15) is 20.3 Å². The SMILES string of the molecule is CCS(=O)CCNCCC(C)O. The van der Waals surface area contributed by atoms with Crippen molar-refractivity contribution in [1.29, 1.82) is 0 Å². The Labute approximate surface area is 77.0 Å². The molecule has 12 heavy (non-hydrogen) atoms. The molecule has 74 valence electrons. The summed E-state index contributed by atoms with van der Waals surface area (Å²) in [6.45, 7) is 5.28. The molecular weight excluding hydrogens is 174 g/mol. The van der Waals surface area contributed by atoms with E-state index < -0.39 is 10.8 Å². The van der Waals surface area contributed by atoms with Crippen molar-refractivity contribution in [1.82, 2.24) is 5.32 Å². The normalized spacial score (nSPS) is 15.9. The van der Waals surface area contributed by atoms with Crippen LogP contribution in [0, 0.1) is 0 Å². The van der Waals surface area contributed by atoms with Gasteiger partial charge in [-0.2, -0.15) is 0 Å². The summed E-state index contributed by atoms with van der Waals surface area (Å²) in [5.41, 5.74) is 0. The van der Waals surface area contributed by atoms with Crippen molar-refractivity contribution >= 4 is 10.8 Å². The van der Waals surface area contributed by atoms with Gasteiger partial charge in [-0.1, -0.05) is 6.92 Å². The predicted octanol–water partition coefficient (Wildman–Crippen LogP) is 0.116. The number of hydrogen-bond donors (Lipinski definition) is 2. The second-order valence-electron chi connectivity index (χ2n) is 2.82. The van der Waals surface area contributed by atoms with Gasteiger partial charge < -0.3 is 10.4 Å². The largest absolute Gasteiger partial charge is 0.393 e. The molecule has 0 aromatic carbocycles. The minimum atomic E-state index is -0.666. The molecule has 0 aromatic heterocycles. The number of aliphatic hydroxyl groups excluding tert-OH is 1. The summed E-state index contributed by atoms with van der Waals surface area (Å²) in [5.74, 6) is 1.45. The second kappa shape index (κ2) is 7.71. The summed E-state index contributed by atoms with van der Waals surface area (Å²) in [6.07, 6.45) is 0.521. The van der Waals surface area contributed by atoms with Gasteiger partial charge in [0.2, 0.25) is 0 Å². The van der Waals surface area contributed by atoms with Crippen molar-refractivity contribution in [2.45, 2.75) is 26.4 Å². The lowest BCUT2D eigenvalue weighted by Gasteiger charge is -2.05. The van der Waals surface area contributed by atoms with E-state index in [1.807, 2.05) is 6.92 Å². The Balaban J connectivity index is 3.05. The van der Waals surface area contributed by atoms with Crippen LogP contribution in [-0.4, -0.2) is 40.0 Å². The molecule has 2 N–H and O–H groups in total. The standard InChI is InChI=1S/C8H19NO2S/c1-3-12(11)7-6-9-5-4-8(2)10/h8-10H,3-7H2,1-2H3. The van der Waals surface area contributed by atoms with Crippen LogP contribution in [0.3, 0.4) is 0 Å². The van der Waals surface area contributed by atoms with Crippen LogP contribution >= 0.6 is 0 Å². The number of hydrogen-bond acceptors (Lipinski definition) is 3. The zero-order chi connectivity index (χ0) is 9.40. The Bertz CT molecular complexity index is 128. The highest BCUT2D eigenvalue weighted by atomic mass is 32.2. The lowest BCUT2D eigenvalue weighted by molar-refractivity contribution is 0.184. The zero-order valence-electron chi connectivity index (χ0n) is 7.88. The third kappa shape index (κ3) is 8.17. The second-order valence-corrected chi connectivity index (χ2v) is 4.69. The van der Waals surface area contributed by atoms with Gasteiger partial charge in [0.1, 0.15) is 0 Å². The molecular formula is C8H19NO2S. The Kier molecular flexibility index (Phi) is 7.75. The fourth-order valence-electron chi connectivity index (χ4n) is 0.766. The molecule has 0 aliphatic carbocycles. The van der Waals surface area contributed by atoms with Gasteiger partial charge in [-0.25, -0.2) is 0 Å². The molecule has 0 fully saturated rings. The molecule has 2 atom stereocenters. The van der Waals surface area contributed by atoms with Crippen LogP contribution in [0.25, 0.3) is 0 Å². The van der Waals surface area contributed by atoms with Gasteiger partial charge in [0.05, 0.1) is 6.10 Å². The van der Waals surface area contributed by atoms with Crippen molar-refractivity contribution in [2.24, 2.45) is 0 Å². The molecule has 0 aliphatic rings. The Morgan fingerprint density at radius 3 is 2.67 bits per heavy atom. The first kappa shape index (κ1) is 12.1. The highest BCUT2D eigenvalue weighted by Crippen LogP contribution is 1.85. The lowest BCUT2D eigenvalue weighted by Crippen LogP contribution is -2.24. The summed E-state index contributed by atoms with van der Waals surface area (Å²) >= 11 is 0. The van der Waals surface area contributed by atoms with Crippen LogP contribution in [0.5, 0.6) is 0 Å². The minimum Gasteiger partial charge on any atom is -0.393 e. The van der Waals surface area contributed by atoms with E-state index in [2.05, 4.69) is 5.32 Å². The third-order valence-electron chi connectivity index (χ3n) is 1.57. The molecule has 0 aliphatic heterocycles. The van der Waals surface area contributed by atoms with Gasteiger partial charge in [0, 0.05) is 28.9 Å². The molecule has 4 heteroatoms. The van der Waals surface area contributed by atoms with Gasteiger partial charge in [0.15, 0.2) is 0 Å². The average Bonchev–Trinajstić information content (AvgIpc) is 2.03. The van der Waals surface area contributed by atoms with Crippen LogP contribution in [0.15, 0.2) is 0 Å². The molecule has 0 spiro atoms. The Morgan fingerprint density at radius 2 is 2.17 bits per heavy atom. The van der Waals surface area contributed by atoms with Gasteiger partial charge in [-0.05, 0) is 19.9 Å². The zero-order valence-corrected chi connectivity index (χ0v) is 8.69. The molecule has 0 saturated heterocycles. The quantitative estimate of drug-likeness (QED) is 0.564. The summed E-state index contributed by atoms with van der Waals surface area (Å²) in [5, 5.41) is 12.0. The predicted molar refractivity (Wildman–Crippen MR) is 52.7 cm³/mol. The minimum absolute atomic E-state index is 0.242. The van der Waals surface area contributed by atoms with E-state index in [0.29, 0.717) is 0 Å². The maximum Gasteiger partial charge on any atom is 0.0524 e. The number of aliphatic hydroxyl groups is 1. The molecule has 0 rings (SSSR count). The van der Waals surface area contributed by atoms with E-state index >= 15 is 0 Å². The molecule has 0 aromatic rings. The van der Waals surface area contributed by atoms with E-state index in [9.17, 15) is 4.21 Å². The van der Waals surface area contributed by atoms with Gasteiger partial charge in [-0.15, -0.1) is 0 Å². The van der Waals surface area contributed by atoms with Crippen molar-refractivity contribution in [3.63, 3.8) is 0 Å². The van der Waals surface area contributed by atoms with E-state index in [1.165, 1.54) is 0 Å². The van der Waals surface area contributed by atoms with Crippen LogP contribution < -0.4 is 5.32 Å². The smallest absolute Gasteiger partial charge is 0.0524 e. The van der Waals surface area contributed by atoms with E-state index in [0.717, 1.165) is 31.0 Å². The molecule has 0 bridgehead atoms. The maximum atomic E-state index is 10.9. The Morgan fingerprint density at radius 1 is 1.50 bits per heavy atom. The first-order valence-corrected chi connectivity index (χ1v) is 5.89. The molecule has 0 heterocycles. The third-order valence-corrected chi connectivity index (χ3v) is 2.87. The van der Waals surface area contributed by atoms with Gasteiger partial charge in [-0.3, -0.25) is 4.21 Å². The first-order chi connectivity index (χ1) is 5.66. The number of rotatable bonds is 7. The Hall–Kier alpha value is 0.0700. The summed E-state index contributed by atoms with van der Waals surface area (Å²) in [4.78, 5) is 0. The van der Waals surface area contributed by atoms with Crippen molar-refractivity contribution in [2.75, 3.05) is 24.6 Å². The highest BCUT2D eigenvalue weighted by Gasteiger charge is 1.96. The van der Waals surface area contributed by atoms with Crippen LogP contribution in [-0.2, 0) is 10.8 Å². The highest BCUT2D eigenvalue weighted by molar-refractivity contribution is 7.84. The maximum absolute atomic E-state index is 10.9. The van der Waals surface area contributed by atoms with E-state index in [4.69, 9.17) is 5.11 Å². The van der Waals surface area contributed by atoms with Gasteiger partial charge >= 0.3 is 0 Å². The summed E-state index contributed by atoms with van der Waals surface area (Å²) in [7, 11) is -0.666. The fourth-order valence-corrected chi connectivity index (χ4v) is 1.43. The fraction of sp³-hybridized carbons (Fsp3) is 1.00. The van der Waals surface area contributed by atoms with Crippen molar-refractivity contribution in [3.05, 3.63) is 0 Å². The monoisotopic (exact) mass is 193 g/mol. The molecule has 0 radical (unpaired) electrons. The van der Waals surface area contributed by atoms with Crippen molar-refractivity contribution < 1.29 is 9.32 Å². The lowest BCUT2D eigenvalue weighted by atomic mass is 10.3. The average molecular weight is 193 g/mol. The topological polar surface area (TPSA) is 49.3 Å². The molecule has 0 amide bonds. The summed E-state index contributed by atoms with van der Waals surface area (Å²) < 4.78 is 10.9. The van der Waals surface area contributed by atoms with Crippen LogP contribution in [0.4, 0.5) is 0 Å². The van der Waals surface area contributed by atoms with Crippen molar-refractivity contribution in [3.8, 4) is 0 Å². The molecule has 0 saturated carbocycles. The number of nitrogens with one attached hydrogen (secondary N) is 1. The first-order valence-electron chi connectivity index (χ1n) is 4.40. The molecule has 2 unspecified atom stereocenters.